The lowest BCUT2D eigenvalue weighted by atomic mass is 10.0. The zero-order valence-electron chi connectivity index (χ0n) is 18.6. The highest BCUT2D eigenvalue weighted by molar-refractivity contribution is 5.98. The highest BCUT2D eigenvalue weighted by Gasteiger charge is 2.32. The highest BCUT2D eigenvalue weighted by atomic mass is 16.2. The van der Waals surface area contributed by atoms with Gasteiger partial charge in [-0.05, 0) is 49.1 Å². The third-order valence-corrected chi connectivity index (χ3v) is 6.16. The molecule has 4 aromatic rings. The van der Waals surface area contributed by atoms with Crippen LogP contribution in [0, 0.1) is 6.92 Å². The van der Waals surface area contributed by atoms with E-state index in [0.717, 1.165) is 40.9 Å². The van der Waals surface area contributed by atoms with Crippen LogP contribution >= 0.6 is 0 Å². The third-order valence-electron chi connectivity index (χ3n) is 6.16. The van der Waals surface area contributed by atoms with Gasteiger partial charge in [0.05, 0.1) is 5.69 Å². The molecular formula is C27H26N4O2. The molecule has 1 aliphatic rings. The molecule has 0 bridgehead atoms. The van der Waals surface area contributed by atoms with Crippen molar-refractivity contribution in [2.45, 2.75) is 32.2 Å². The van der Waals surface area contributed by atoms with Gasteiger partial charge in [-0.3, -0.25) is 9.59 Å². The van der Waals surface area contributed by atoms with E-state index in [4.69, 9.17) is 4.98 Å². The molecule has 0 aliphatic carbocycles. The van der Waals surface area contributed by atoms with Crippen molar-refractivity contribution < 1.29 is 9.59 Å². The average molecular weight is 439 g/mol. The molecule has 6 nitrogen and oxygen atoms in total. The van der Waals surface area contributed by atoms with E-state index in [1.165, 1.54) is 0 Å². The van der Waals surface area contributed by atoms with Crippen molar-refractivity contribution in [2.24, 2.45) is 0 Å². The Morgan fingerprint density at radius 3 is 2.52 bits per heavy atom. The normalized spacial score (nSPS) is 14.9. The van der Waals surface area contributed by atoms with Crippen LogP contribution in [0.2, 0.25) is 0 Å². The van der Waals surface area contributed by atoms with Crippen molar-refractivity contribution in [1.82, 2.24) is 14.3 Å². The number of nitrogens with zero attached hydrogens (tertiary/aromatic N) is 3. The van der Waals surface area contributed by atoms with Crippen LogP contribution in [0.1, 0.15) is 36.4 Å². The number of nitrogens with one attached hydrogen (secondary N) is 1. The van der Waals surface area contributed by atoms with Gasteiger partial charge in [-0.1, -0.05) is 48.5 Å². The van der Waals surface area contributed by atoms with Gasteiger partial charge in [-0.25, -0.2) is 4.98 Å². The maximum absolute atomic E-state index is 13.3. The van der Waals surface area contributed by atoms with Crippen LogP contribution in [0.15, 0.2) is 79.1 Å². The predicted molar refractivity (Wildman–Crippen MR) is 129 cm³/mol. The van der Waals surface area contributed by atoms with Crippen molar-refractivity contribution >= 4 is 23.1 Å². The first-order chi connectivity index (χ1) is 16.1. The molecule has 1 saturated heterocycles. The van der Waals surface area contributed by atoms with Crippen LogP contribution in [0.3, 0.4) is 0 Å². The van der Waals surface area contributed by atoms with Gasteiger partial charge in [0.15, 0.2) is 0 Å². The first-order valence-electron chi connectivity index (χ1n) is 11.3. The van der Waals surface area contributed by atoms with E-state index < -0.39 is 6.04 Å². The number of aryl methyl sites for hydroxylation is 1. The third kappa shape index (κ3) is 4.24. The van der Waals surface area contributed by atoms with E-state index in [1.807, 2.05) is 90.4 Å². The maximum Gasteiger partial charge on any atom is 0.251 e. The number of anilines is 1. The number of aromatic nitrogens is 2. The fourth-order valence-corrected chi connectivity index (χ4v) is 4.44. The molecule has 0 radical (unpaired) electrons. The second-order valence-electron chi connectivity index (χ2n) is 8.47. The lowest BCUT2D eigenvalue weighted by molar-refractivity contribution is -0.141. The number of carbonyl (C=O) groups is 2. The number of carbonyl (C=O) groups excluding carboxylic acids is 2. The zero-order valence-corrected chi connectivity index (χ0v) is 18.6. The molecular weight excluding hydrogens is 412 g/mol. The minimum Gasteiger partial charge on any atom is -0.327 e. The smallest absolute Gasteiger partial charge is 0.251 e. The number of pyridine rings is 1. The molecule has 1 N–H and O–H groups in total. The first kappa shape index (κ1) is 20.9. The van der Waals surface area contributed by atoms with Crippen LogP contribution in [0.5, 0.6) is 0 Å². The van der Waals surface area contributed by atoms with Gasteiger partial charge in [0.1, 0.15) is 11.7 Å². The van der Waals surface area contributed by atoms with Gasteiger partial charge in [0, 0.05) is 36.6 Å². The van der Waals surface area contributed by atoms with E-state index >= 15 is 0 Å². The van der Waals surface area contributed by atoms with Crippen LogP contribution < -0.4 is 5.32 Å². The Kier molecular flexibility index (Phi) is 5.65. The summed E-state index contributed by atoms with van der Waals surface area (Å²) in [6.45, 7) is 2.64. The van der Waals surface area contributed by atoms with E-state index in [2.05, 4.69) is 5.32 Å². The quantitative estimate of drug-likeness (QED) is 0.477. The molecule has 3 heterocycles. The van der Waals surface area contributed by atoms with Crippen LogP contribution in [0.4, 0.5) is 5.69 Å². The largest absolute Gasteiger partial charge is 0.327 e. The summed E-state index contributed by atoms with van der Waals surface area (Å²) in [5.74, 6) is -0.171. The molecule has 33 heavy (non-hydrogen) atoms. The molecule has 166 valence electrons. The number of hydrogen-bond acceptors (Lipinski definition) is 3. The lowest BCUT2D eigenvalue weighted by Gasteiger charge is -2.34. The predicted octanol–water partition coefficient (Wildman–Crippen LogP) is 5.00. The number of fused-ring (bicyclic) bond motifs is 1. The molecule has 1 fully saturated rings. The van der Waals surface area contributed by atoms with Gasteiger partial charge in [-0.15, -0.1) is 0 Å². The van der Waals surface area contributed by atoms with E-state index in [-0.39, 0.29) is 11.8 Å². The zero-order chi connectivity index (χ0) is 22.8. The van der Waals surface area contributed by atoms with Gasteiger partial charge in [0.2, 0.25) is 5.91 Å². The highest BCUT2D eigenvalue weighted by Crippen LogP contribution is 2.28. The molecule has 6 heteroatoms. The molecule has 0 spiro atoms. The molecule has 2 aromatic heterocycles. The summed E-state index contributed by atoms with van der Waals surface area (Å²) in [6.07, 6.45) is 6.27. The fourth-order valence-electron chi connectivity index (χ4n) is 4.44. The standard InChI is InChI=1S/C27H26N4O2/c1-19-8-7-16-30-18-23(29-26(19)30)20-12-14-22(15-13-20)28-27(33)25(21-9-3-2-4-10-21)31-17-6-5-11-24(31)32/h2-4,7-10,12-16,18,25H,5-6,11,17H2,1H3,(H,28,33). The van der Waals surface area contributed by atoms with Gasteiger partial charge >= 0.3 is 0 Å². The van der Waals surface area contributed by atoms with Gasteiger partial charge < -0.3 is 14.6 Å². The van der Waals surface area contributed by atoms with Crippen molar-refractivity contribution in [2.75, 3.05) is 11.9 Å². The number of piperidine rings is 1. The summed E-state index contributed by atoms with van der Waals surface area (Å²) >= 11 is 0. The number of hydrogen-bond donors (Lipinski definition) is 1. The Morgan fingerprint density at radius 2 is 1.79 bits per heavy atom. The van der Waals surface area contributed by atoms with Crippen molar-refractivity contribution in [1.29, 1.82) is 0 Å². The summed E-state index contributed by atoms with van der Waals surface area (Å²) in [4.78, 5) is 32.4. The van der Waals surface area contributed by atoms with Crippen LogP contribution in [-0.2, 0) is 9.59 Å². The van der Waals surface area contributed by atoms with Crippen LogP contribution in [0.25, 0.3) is 16.9 Å². The molecule has 2 amide bonds. The lowest BCUT2D eigenvalue weighted by Crippen LogP contribution is -2.43. The topological polar surface area (TPSA) is 66.7 Å². The Hall–Kier alpha value is -3.93. The number of amides is 2. The van der Waals surface area contributed by atoms with Crippen molar-refractivity contribution in [3.8, 4) is 11.3 Å². The number of rotatable bonds is 5. The average Bonchev–Trinajstić information content (AvgIpc) is 3.28. The maximum atomic E-state index is 13.3. The van der Waals surface area contributed by atoms with Gasteiger partial charge in [0.25, 0.3) is 5.91 Å². The second-order valence-corrected chi connectivity index (χ2v) is 8.47. The summed E-state index contributed by atoms with van der Waals surface area (Å²) in [5, 5.41) is 3.01. The van der Waals surface area contributed by atoms with Crippen molar-refractivity contribution in [3.05, 3.63) is 90.3 Å². The Bertz CT molecular complexity index is 1290. The molecule has 1 unspecified atom stereocenters. The summed E-state index contributed by atoms with van der Waals surface area (Å²) < 4.78 is 2.01. The summed E-state index contributed by atoms with van der Waals surface area (Å²) in [6, 6.07) is 20.6. The molecule has 2 aromatic carbocycles. The summed E-state index contributed by atoms with van der Waals surface area (Å²) in [7, 11) is 0. The van der Waals surface area contributed by atoms with E-state index in [0.29, 0.717) is 18.7 Å². The first-order valence-corrected chi connectivity index (χ1v) is 11.3. The molecule has 1 aliphatic heterocycles. The van der Waals surface area contributed by atoms with E-state index in [1.54, 1.807) is 4.90 Å². The number of benzene rings is 2. The SMILES string of the molecule is Cc1cccn2cc(-c3ccc(NC(=O)C(c4ccccc4)N4CCCCC4=O)cc3)nc12. The Morgan fingerprint density at radius 1 is 1.00 bits per heavy atom. The molecule has 0 saturated carbocycles. The minimum atomic E-state index is -0.639. The number of likely N-dealkylation sites (tertiary alicyclic amines) is 1. The second kappa shape index (κ2) is 8.90. The van der Waals surface area contributed by atoms with Gasteiger partial charge in [-0.2, -0.15) is 0 Å². The Labute approximate surface area is 192 Å². The fraction of sp³-hybridized carbons (Fsp3) is 0.222. The molecule has 5 rings (SSSR count). The Balaban J connectivity index is 1.38. The monoisotopic (exact) mass is 438 g/mol. The minimum absolute atomic E-state index is 0.0303. The van der Waals surface area contributed by atoms with Crippen molar-refractivity contribution in [3.63, 3.8) is 0 Å². The van der Waals surface area contributed by atoms with E-state index in [9.17, 15) is 9.59 Å². The number of imidazole rings is 1. The molecule has 1 atom stereocenters. The summed E-state index contributed by atoms with van der Waals surface area (Å²) in [5.41, 5.74) is 5.41. The van der Waals surface area contributed by atoms with Crippen LogP contribution in [-0.4, -0.2) is 32.6 Å².